The molecule has 6 heteroatoms. The van der Waals surface area contributed by atoms with Gasteiger partial charge in [0.25, 0.3) is 0 Å². The number of nitrogens with zero attached hydrogens (tertiary/aromatic N) is 1. The Morgan fingerprint density at radius 3 is 2.65 bits per heavy atom. The van der Waals surface area contributed by atoms with E-state index in [4.69, 9.17) is 4.74 Å². The second kappa shape index (κ2) is 8.73. The molecule has 1 heterocycles. The third-order valence-corrected chi connectivity index (χ3v) is 4.25. The summed E-state index contributed by atoms with van der Waals surface area (Å²) in [5.41, 5.74) is 4.12. The van der Waals surface area contributed by atoms with Gasteiger partial charge in [-0.3, -0.25) is 4.79 Å². The number of hydrogen-bond acceptors (Lipinski definition) is 5. The van der Waals surface area contributed by atoms with Crippen LogP contribution in [0.1, 0.15) is 20.8 Å². The minimum absolute atomic E-state index is 0.201. The standard InChI is InChI=1S/C20H16N2O3S/c23-19(13-15-6-2-1-3-7-15)22-21-14-16-8-4-9-17(12-16)25-20(24)18-10-5-11-26-18/h1-12,14H,13H2,(H,22,23). The predicted octanol–water partition coefficient (Wildman–Crippen LogP) is 3.66. The fourth-order valence-electron chi connectivity index (χ4n) is 2.21. The lowest BCUT2D eigenvalue weighted by molar-refractivity contribution is -0.120. The van der Waals surface area contributed by atoms with Gasteiger partial charge in [0.1, 0.15) is 10.6 Å². The average Bonchev–Trinajstić information content (AvgIpc) is 3.18. The lowest BCUT2D eigenvalue weighted by Gasteiger charge is -2.03. The molecule has 0 aliphatic heterocycles. The zero-order chi connectivity index (χ0) is 18.2. The van der Waals surface area contributed by atoms with Crippen LogP contribution in [-0.4, -0.2) is 18.1 Å². The topological polar surface area (TPSA) is 67.8 Å². The summed E-state index contributed by atoms with van der Waals surface area (Å²) in [5, 5.41) is 5.76. The van der Waals surface area contributed by atoms with E-state index in [1.54, 1.807) is 36.4 Å². The number of esters is 1. The van der Waals surface area contributed by atoms with Crippen molar-refractivity contribution in [2.75, 3.05) is 0 Å². The smallest absolute Gasteiger partial charge is 0.353 e. The van der Waals surface area contributed by atoms with Crippen molar-refractivity contribution in [3.05, 3.63) is 88.1 Å². The highest BCUT2D eigenvalue weighted by Crippen LogP contribution is 2.16. The van der Waals surface area contributed by atoms with Gasteiger partial charge < -0.3 is 4.74 Å². The third-order valence-electron chi connectivity index (χ3n) is 3.40. The molecule has 130 valence electrons. The lowest BCUT2D eigenvalue weighted by atomic mass is 10.1. The number of hydrogen-bond donors (Lipinski definition) is 1. The van der Waals surface area contributed by atoms with Gasteiger partial charge in [-0.05, 0) is 34.7 Å². The summed E-state index contributed by atoms with van der Waals surface area (Å²) in [7, 11) is 0. The zero-order valence-electron chi connectivity index (χ0n) is 13.8. The molecule has 1 N–H and O–H groups in total. The molecule has 0 bridgehead atoms. The van der Waals surface area contributed by atoms with Crippen LogP contribution in [-0.2, 0) is 11.2 Å². The van der Waals surface area contributed by atoms with Crippen LogP contribution in [0, 0.1) is 0 Å². The SMILES string of the molecule is O=C(Cc1ccccc1)NN=Cc1cccc(OC(=O)c2cccs2)c1. The van der Waals surface area contributed by atoms with Crippen molar-refractivity contribution in [2.45, 2.75) is 6.42 Å². The Kier molecular flexibility index (Phi) is 5.90. The van der Waals surface area contributed by atoms with Crippen LogP contribution in [0.2, 0.25) is 0 Å². The normalized spacial score (nSPS) is 10.6. The Bertz CT molecular complexity index is 906. The molecular formula is C20H16N2O3S. The molecule has 0 unspecified atom stereocenters. The van der Waals surface area contributed by atoms with Gasteiger partial charge in [0, 0.05) is 0 Å². The molecule has 26 heavy (non-hydrogen) atoms. The summed E-state index contributed by atoms with van der Waals surface area (Å²) in [6, 6.07) is 19.9. The van der Waals surface area contributed by atoms with Crippen molar-refractivity contribution in [3.8, 4) is 5.75 Å². The van der Waals surface area contributed by atoms with E-state index in [-0.39, 0.29) is 12.3 Å². The number of nitrogens with one attached hydrogen (secondary N) is 1. The van der Waals surface area contributed by atoms with E-state index >= 15 is 0 Å². The number of amides is 1. The Morgan fingerprint density at radius 1 is 1.04 bits per heavy atom. The Morgan fingerprint density at radius 2 is 1.88 bits per heavy atom. The monoisotopic (exact) mass is 364 g/mol. The van der Waals surface area contributed by atoms with Crippen molar-refractivity contribution in [1.29, 1.82) is 0 Å². The van der Waals surface area contributed by atoms with Crippen LogP contribution in [0.3, 0.4) is 0 Å². The van der Waals surface area contributed by atoms with Crippen LogP contribution in [0.4, 0.5) is 0 Å². The van der Waals surface area contributed by atoms with Crippen molar-refractivity contribution >= 4 is 29.4 Å². The average molecular weight is 364 g/mol. The van der Waals surface area contributed by atoms with E-state index in [2.05, 4.69) is 10.5 Å². The number of benzene rings is 2. The van der Waals surface area contributed by atoms with Crippen molar-refractivity contribution in [3.63, 3.8) is 0 Å². The molecular weight excluding hydrogens is 348 g/mol. The number of thiophene rings is 1. The Hall–Kier alpha value is -3.25. The van der Waals surface area contributed by atoms with Crippen molar-refractivity contribution < 1.29 is 14.3 Å². The number of hydrazone groups is 1. The summed E-state index contributed by atoms with van der Waals surface area (Å²) in [4.78, 5) is 24.4. The molecule has 2 aromatic carbocycles. The first-order chi connectivity index (χ1) is 12.7. The third kappa shape index (κ3) is 5.12. The van der Waals surface area contributed by atoms with E-state index in [9.17, 15) is 9.59 Å². The quantitative estimate of drug-likeness (QED) is 0.314. The fourth-order valence-corrected chi connectivity index (χ4v) is 2.81. The molecule has 0 fully saturated rings. The van der Waals surface area contributed by atoms with Gasteiger partial charge >= 0.3 is 5.97 Å². The molecule has 1 amide bonds. The first-order valence-electron chi connectivity index (χ1n) is 7.92. The second-order valence-corrected chi connectivity index (χ2v) is 6.34. The van der Waals surface area contributed by atoms with E-state index in [0.29, 0.717) is 16.2 Å². The number of rotatable bonds is 6. The maximum Gasteiger partial charge on any atom is 0.353 e. The first-order valence-corrected chi connectivity index (χ1v) is 8.80. The molecule has 0 aliphatic rings. The van der Waals surface area contributed by atoms with Gasteiger partial charge in [-0.25, -0.2) is 10.2 Å². The Balaban J connectivity index is 1.55. The van der Waals surface area contributed by atoms with Gasteiger partial charge in [0.05, 0.1) is 12.6 Å². The minimum Gasteiger partial charge on any atom is -0.422 e. The van der Waals surface area contributed by atoms with E-state index < -0.39 is 5.97 Å². The van der Waals surface area contributed by atoms with Gasteiger partial charge in [0.15, 0.2) is 0 Å². The van der Waals surface area contributed by atoms with Crippen LogP contribution in [0.25, 0.3) is 0 Å². The molecule has 0 radical (unpaired) electrons. The number of carbonyl (C=O) groups is 2. The van der Waals surface area contributed by atoms with Crippen LogP contribution >= 0.6 is 11.3 Å². The van der Waals surface area contributed by atoms with E-state index in [1.165, 1.54) is 17.6 Å². The molecule has 5 nitrogen and oxygen atoms in total. The van der Waals surface area contributed by atoms with Gasteiger partial charge in [-0.1, -0.05) is 48.5 Å². The molecule has 0 saturated carbocycles. The number of carbonyl (C=O) groups excluding carboxylic acids is 2. The summed E-state index contributed by atoms with van der Waals surface area (Å²) in [6.45, 7) is 0. The zero-order valence-corrected chi connectivity index (χ0v) is 14.6. The molecule has 0 saturated heterocycles. The predicted molar refractivity (Wildman–Crippen MR) is 102 cm³/mol. The lowest BCUT2D eigenvalue weighted by Crippen LogP contribution is -2.19. The van der Waals surface area contributed by atoms with Gasteiger partial charge in [0.2, 0.25) is 5.91 Å². The molecule has 0 atom stereocenters. The summed E-state index contributed by atoms with van der Waals surface area (Å²) < 4.78 is 5.33. The highest BCUT2D eigenvalue weighted by Gasteiger charge is 2.09. The Labute approximate surface area is 154 Å². The number of ether oxygens (including phenoxy) is 1. The van der Waals surface area contributed by atoms with Crippen LogP contribution < -0.4 is 10.2 Å². The van der Waals surface area contributed by atoms with Crippen molar-refractivity contribution in [1.82, 2.24) is 5.43 Å². The fraction of sp³-hybridized carbons (Fsp3) is 0.0500. The minimum atomic E-state index is -0.398. The summed E-state index contributed by atoms with van der Waals surface area (Å²) in [5.74, 6) is -0.180. The molecule has 1 aromatic heterocycles. The first kappa shape index (κ1) is 17.6. The maximum absolute atomic E-state index is 12.0. The van der Waals surface area contributed by atoms with E-state index in [1.807, 2.05) is 35.7 Å². The van der Waals surface area contributed by atoms with Crippen LogP contribution in [0.5, 0.6) is 5.75 Å². The van der Waals surface area contributed by atoms with Crippen LogP contribution in [0.15, 0.2) is 77.2 Å². The molecule has 0 aliphatic carbocycles. The summed E-state index contributed by atoms with van der Waals surface area (Å²) in [6.07, 6.45) is 1.77. The second-order valence-electron chi connectivity index (χ2n) is 5.39. The van der Waals surface area contributed by atoms with Gasteiger partial charge in [-0.2, -0.15) is 5.10 Å². The molecule has 3 rings (SSSR count). The van der Waals surface area contributed by atoms with E-state index in [0.717, 1.165) is 5.56 Å². The maximum atomic E-state index is 12.0. The molecule has 0 spiro atoms. The molecule has 3 aromatic rings. The van der Waals surface area contributed by atoms with Gasteiger partial charge in [-0.15, -0.1) is 11.3 Å². The summed E-state index contributed by atoms with van der Waals surface area (Å²) >= 11 is 1.32. The highest BCUT2D eigenvalue weighted by atomic mass is 32.1. The highest BCUT2D eigenvalue weighted by molar-refractivity contribution is 7.12. The largest absolute Gasteiger partial charge is 0.422 e. The van der Waals surface area contributed by atoms with Crippen molar-refractivity contribution in [2.24, 2.45) is 5.10 Å².